The zero-order valence-electron chi connectivity index (χ0n) is 13.6. The average Bonchev–Trinajstić information content (AvgIpc) is 3.10. The molecule has 1 unspecified atom stereocenters. The number of aliphatic hydroxyl groups excluding tert-OH is 1. The second-order valence-corrected chi connectivity index (χ2v) is 7.18. The number of aromatic nitrogens is 2. The van der Waals surface area contributed by atoms with Crippen LogP contribution in [-0.4, -0.2) is 38.4 Å². The van der Waals surface area contributed by atoms with Gasteiger partial charge in [0.2, 0.25) is 0 Å². The summed E-state index contributed by atoms with van der Waals surface area (Å²) in [7, 11) is 0. The number of halogens is 1. The Morgan fingerprint density at radius 3 is 2.33 bits per heavy atom. The molecule has 1 aliphatic heterocycles. The molecule has 0 aromatic carbocycles. The van der Waals surface area contributed by atoms with Crippen molar-refractivity contribution in [2.75, 3.05) is 13.1 Å². The Balaban J connectivity index is 2.43. The van der Waals surface area contributed by atoms with Crippen LogP contribution in [0.4, 0.5) is 0 Å². The summed E-state index contributed by atoms with van der Waals surface area (Å²) < 4.78 is 2.86. The number of hydrogen-bond donors (Lipinski definition) is 1. The van der Waals surface area contributed by atoms with Gasteiger partial charge in [-0.15, -0.1) is 0 Å². The third-order valence-electron chi connectivity index (χ3n) is 5.00. The predicted molar refractivity (Wildman–Crippen MR) is 89.4 cm³/mol. The maximum absolute atomic E-state index is 11.3. The van der Waals surface area contributed by atoms with Crippen LogP contribution in [0.25, 0.3) is 0 Å². The van der Waals surface area contributed by atoms with Gasteiger partial charge >= 0.3 is 0 Å². The minimum absolute atomic E-state index is 0.189. The lowest BCUT2D eigenvalue weighted by molar-refractivity contribution is -0.0347. The van der Waals surface area contributed by atoms with Crippen LogP contribution in [0.15, 0.2) is 10.7 Å². The van der Waals surface area contributed by atoms with E-state index in [1.165, 1.54) is 12.8 Å². The lowest BCUT2D eigenvalue weighted by atomic mass is 9.83. The summed E-state index contributed by atoms with van der Waals surface area (Å²) in [6.07, 6.45) is 5.64. The van der Waals surface area contributed by atoms with Crippen molar-refractivity contribution < 1.29 is 5.11 Å². The second-order valence-electron chi connectivity index (χ2n) is 6.32. The van der Waals surface area contributed by atoms with Gasteiger partial charge in [0.05, 0.1) is 21.9 Å². The quantitative estimate of drug-likeness (QED) is 0.838. The summed E-state index contributed by atoms with van der Waals surface area (Å²) in [6, 6.07) is 0.242. The number of nitrogens with zero attached hydrogens (tertiary/aromatic N) is 3. The predicted octanol–water partition coefficient (Wildman–Crippen LogP) is 3.91. The van der Waals surface area contributed by atoms with E-state index in [4.69, 9.17) is 0 Å². The Morgan fingerprint density at radius 2 is 1.86 bits per heavy atom. The summed E-state index contributed by atoms with van der Waals surface area (Å²) in [5.74, 6) is 0. The van der Waals surface area contributed by atoms with E-state index in [0.717, 1.165) is 36.1 Å². The van der Waals surface area contributed by atoms with Crippen LogP contribution in [0.5, 0.6) is 0 Å². The summed E-state index contributed by atoms with van der Waals surface area (Å²) in [6.45, 7) is 10.8. The fourth-order valence-corrected chi connectivity index (χ4v) is 4.18. The third-order valence-corrected chi connectivity index (χ3v) is 5.62. The van der Waals surface area contributed by atoms with Crippen molar-refractivity contribution in [3.63, 3.8) is 0 Å². The molecule has 120 valence electrons. The topological polar surface area (TPSA) is 41.3 Å². The van der Waals surface area contributed by atoms with Gasteiger partial charge in [-0.2, -0.15) is 5.10 Å². The van der Waals surface area contributed by atoms with E-state index in [-0.39, 0.29) is 11.6 Å². The van der Waals surface area contributed by atoms with E-state index in [0.29, 0.717) is 0 Å². The fourth-order valence-electron chi connectivity index (χ4n) is 3.69. The van der Waals surface area contributed by atoms with Crippen LogP contribution in [0.2, 0.25) is 0 Å². The molecular weight excluding hydrogens is 330 g/mol. The molecule has 1 saturated heterocycles. The summed E-state index contributed by atoms with van der Waals surface area (Å²) in [5.41, 5.74) is 0.728. The Labute approximate surface area is 136 Å². The van der Waals surface area contributed by atoms with Crippen LogP contribution in [0.3, 0.4) is 0 Å². The Morgan fingerprint density at radius 1 is 1.29 bits per heavy atom. The molecule has 0 bridgehead atoms. The van der Waals surface area contributed by atoms with E-state index < -0.39 is 6.10 Å². The van der Waals surface area contributed by atoms with E-state index >= 15 is 0 Å². The molecule has 1 N–H and O–H groups in total. The van der Waals surface area contributed by atoms with E-state index in [9.17, 15) is 5.11 Å². The molecule has 2 heterocycles. The molecule has 5 heteroatoms. The monoisotopic (exact) mass is 357 g/mol. The third kappa shape index (κ3) is 2.92. The highest BCUT2D eigenvalue weighted by atomic mass is 79.9. The summed E-state index contributed by atoms with van der Waals surface area (Å²) >= 11 is 3.58. The van der Waals surface area contributed by atoms with Crippen LogP contribution >= 0.6 is 15.9 Å². The fraction of sp³-hybridized carbons (Fsp3) is 0.812. The molecule has 21 heavy (non-hydrogen) atoms. The van der Waals surface area contributed by atoms with Crippen LogP contribution in [0, 0.1) is 0 Å². The second kappa shape index (κ2) is 6.80. The van der Waals surface area contributed by atoms with Crippen molar-refractivity contribution in [1.82, 2.24) is 14.7 Å². The molecule has 0 amide bonds. The molecule has 4 nitrogen and oxygen atoms in total. The molecule has 1 atom stereocenters. The van der Waals surface area contributed by atoms with Crippen LogP contribution < -0.4 is 0 Å². The smallest absolute Gasteiger partial charge is 0.115 e. The number of rotatable bonds is 6. The van der Waals surface area contributed by atoms with E-state index in [1.54, 1.807) is 6.20 Å². The van der Waals surface area contributed by atoms with E-state index in [1.807, 2.05) is 4.68 Å². The lowest BCUT2D eigenvalue weighted by Gasteiger charge is -2.44. The normalized spacial score (nSPS) is 18.6. The van der Waals surface area contributed by atoms with Crippen molar-refractivity contribution >= 4 is 15.9 Å². The summed E-state index contributed by atoms with van der Waals surface area (Å²) in [5, 5.41) is 15.7. The molecule has 1 fully saturated rings. The van der Waals surface area contributed by atoms with Gasteiger partial charge in [0, 0.05) is 6.04 Å². The highest BCUT2D eigenvalue weighted by Crippen LogP contribution is 2.41. The number of likely N-dealkylation sites (tertiary alicyclic amines) is 1. The largest absolute Gasteiger partial charge is 0.385 e. The van der Waals surface area contributed by atoms with Crippen molar-refractivity contribution in [2.24, 2.45) is 0 Å². The van der Waals surface area contributed by atoms with Crippen molar-refractivity contribution in [3.05, 3.63) is 16.4 Å². The average molecular weight is 358 g/mol. The Kier molecular flexibility index (Phi) is 5.49. The minimum Gasteiger partial charge on any atom is -0.385 e. The maximum atomic E-state index is 11.3. The number of aliphatic hydroxyl groups is 1. The maximum Gasteiger partial charge on any atom is 0.115 e. The van der Waals surface area contributed by atoms with Crippen LogP contribution in [0.1, 0.15) is 71.2 Å². The Bertz CT molecular complexity index is 462. The molecule has 0 radical (unpaired) electrons. The van der Waals surface area contributed by atoms with Gasteiger partial charge in [-0.25, -0.2) is 0 Å². The van der Waals surface area contributed by atoms with Gasteiger partial charge in [-0.05, 0) is 68.6 Å². The zero-order valence-corrected chi connectivity index (χ0v) is 15.2. The summed E-state index contributed by atoms with van der Waals surface area (Å²) in [4.78, 5) is 2.49. The number of hydrogen-bond acceptors (Lipinski definition) is 3. The van der Waals surface area contributed by atoms with Gasteiger partial charge in [0.15, 0.2) is 0 Å². The first kappa shape index (κ1) is 17.0. The molecule has 1 aromatic heterocycles. The van der Waals surface area contributed by atoms with Crippen molar-refractivity contribution in [3.8, 4) is 0 Å². The SMILES string of the molecule is CCC(CC)(C(O)c1c(Br)cnn1C(C)C)N1CCCC1. The highest BCUT2D eigenvalue weighted by Gasteiger charge is 2.44. The van der Waals surface area contributed by atoms with E-state index in [2.05, 4.69) is 53.6 Å². The Hall–Kier alpha value is -0.390. The standard InChI is InChI=1S/C16H28BrN3O/c1-5-16(6-2,19-9-7-8-10-19)15(21)14-13(17)11-18-20(14)12(3)4/h11-12,15,21H,5-10H2,1-4H3. The minimum atomic E-state index is -0.523. The first-order valence-electron chi connectivity index (χ1n) is 8.14. The molecule has 0 aliphatic carbocycles. The lowest BCUT2D eigenvalue weighted by Crippen LogP contribution is -2.51. The van der Waals surface area contributed by atoms with Crippen LogP contribution in [-0.2, 0) is 0 Å². The van der Waals surface area contributed by atoms with Crippen molar-refractivity contribution in [1.29, 1.82) is 0 Å². The van der Waals surface area contributed by atoms with Gasteiger partial charge in [0.25, 0.3) is 0 Å². The first-order chi connectivity index (χ1) is 9.97. The van der Waals surface area contributed by atoms with Crippen molar-refractivity contribution in [2.45, 2.75) is 71.1 Å². The van der Waals surface area contributed by atoms with Gasteiger partial charge in [-0.3, -0.25) is 9.58 Å². The molecule has 0 saturated carbocycles. The highest BCUT2D eigenvalue weighted by molar-refractivity contribution is 9.10. The molecule has 1 aliphatic rings. The molecule has 0 spiro atoms. The zero-order chi connectivity index (χ0) is 15.6. The van der Waals surface area contributed by atoms with Gasteiger partial charge in [-0.1, -0.05) is 13.8 Å². The molecule has 2 rings (SSSR count). The van der Waals surface area contributed by atoms with Gasteiger partial charge < -0.3 is 5.11 Å². The molecular formula is C16H28BrN3O. The van der Waals surface area contributed by atoms with Gasteiger partial charge in [0.1, 0.15) is 6.10 Å². The molecule has 1 aromatic rings. The first-order valence-corrected chi connectivity index (χ1v) is 8.93.